The molecule has 0 bridgehead atoms. The lowest BCUT2D eigenvalue weighted by Crippen LogP contribution is -2.31. The molecule has 0 heterocycles. The van der Waals surface area contributed by atoms with Crippen LogP contribution < -0.4 is 10.5 Å². The summed E-state index contributed by atoms with van der Waals surface area (Å²) < 4.78 is 41.8. The van der Waals surface area contributed by atoms with Gasteiger partial charge < -0.3 is 15.6 Å². The Morgan fingerprint density at radius 3 is 2.50 bits per heavy atom. The number of anilines is 1. The van der Waals surface area contributed by atoms with Gasteiger partial charge in [-0.1, -0.05) is 0 Å². The monoisotopic (exact) mass is 327 g/mol. The van der Waals surface area contributed by atoms with Crippen LogP contribution in [0.25, 0.3) is 0 Å². The first-order chi connectivity index (χ1) is 8.12. The Morgan fingerprint density at radius 1 is 1.50 bits per heavy atom. The van der Waals surface area contributed by atoms with E-state index < -0.39 is 18.2 Å². The van der Waals surface area contributed by atoms with E-state index in [0.717, 1.165) is 13.0 Å². The van der Waals surface area contributed by atoms with E-state index >= 15 is 0 Å². The molecule has 3 N–H and O–H groups in total. The fourth-order valence-electron chi connectivity index (χ4n) is 1.10. The van der Waals surface area contributed by atoms with Crippen LogP contribution in [-0.2, 0) is 0 Å². The van der Waals surface area contributed by atoms with Crippen LogP contribution in [0.15, 0.2) is 16.6 Å². The largest absolute Gasteiger partial charge is 0.480 e. The highest BCUT2D eigenvalue weighted by atomic mass is 79.9. The highest BCUT2D eigenvalue weighted by Crippen LogP contribution is 2.33. The first-order valence-corrected chi connectivity index (χ1v) is 5.48. The number of benzene rings is 1. The normalized spacial score (nSPS) is 13.2. The van der Waals surface area contributed by atoms with E-state index in [-0.39, 0.29) is 21.5 Å². The number of aromatic carboxylic acids is 1. The van der Waals surface area contributed by atoms with Crippen molar-refractivity contribution in [2.75, 3.05) is 5.73 Å². The number of alkyl halides is 3. The molecule has 0 aliphatic carbocycles. The van der Waals surface area contributed by atoms with E-state index in [1.165, 1.54) is 6.07 Å². The Hall–Kier alpha value is -1.44. The highest BCUT2D eigenvalue weighted by molar-refractivity contribution is 9.10. The number of hydrogen-bond donors (Lipinski definition) is 2. The lowest BCUT2D eigenvalue weighted by atomic mass is 10.1. The van der Waals surface area contributed by atoms with Gasteiger partial charge in [0, 0.05) is 5.69 Å². The molecular weight excluding hydrogens is 319 g/mol. The summed E-state index contributed by atoms with van der Waals surface area (Å²) in [5.41, 5.74) is 5.03. The maximum Gasteiger partial charge on any atom is 0.425 e. The molecule has 18 heavy (non-hydrogen) atoms. The summed E-state index contributed by atoms with van der Waals surface area (Å²) >= 11 is 2.96. The Bertz CT molecular complexity index is 476. The molecule has 0 amide bonds. The molecule has 100 valence electrons. The Balaban J connectivity index is 3.10. The average molecular weight is 328 g/mol. The summed E-state index contributed by atoms with van der Waals surface area (Å²) in [4.78, 5) is 10.8. The predicted molar refractivity (Wildman–Crippen MR) is 61.7 cm³/mol. The SMILES string of the molecule is CC(Oc1cc(C(=O)O)c(N)cc1Br)C(F)(F)F. The van der Waals surface area contributed by atoms with Crippen molar-refractivity contribution in [1.82, 2.24) is 0 Å². The molecule has 8 heteroatoms. The van der Waals surface area contributed by atoms with Crippen LogP contribution in [0.3, 0.4) is 0 Å². The Labute approximate surface area is 109 Å². The topological polar surface area (TPSA) is 72.5 Å². The van der Waals surface area contributed by atoms with Crippen LogP contribution in [0, 0.1) is 0 Å². The molecule has 0 spiro atoms. The number of nitrogens with two attached hydrogens (primary N) is 1. The van der Waals surface area contributed by atoms with Gasteiger partial charge in [0.2, 0.25) is 0 Å². The molecule has 0 fully saturated rings. The zero-order valence-electron chi connectivity index (χ0n) is 9.08. The van der Waals surface area contributed by atoms with Gasteiger partial charge in [-0.05, 0) is 35.0 Å². The fourth-order valence-corrected chi connectivity index (χ4v) is 1.56. The number of carboxylic acid groups (broad SMARTS) is 1. The minimum absolute atomic E-state index is 0.0682. The van der Waals surface area contributed by atoms with Gasteiger partial charge >= 0.3 is 12.1 Å². The van der Waals surface area contributed by atoms with E-state index in [4.69, 9.17) is 10.8 Å². The van der Waals surface area contributed by atoms with Gasteiger partial charge in [-0.2, -0.15) is 13.2 Å². The summed E-state index contributed by atoms with van der Waals surface area (Å²) in [5, 5.41) is 8.80. The molecule has 0 saturated heterocycles. The maximum absolute atomic E-state index is 12.3. The Morgan fingerprint density at radius 2 is 2.06 bits per heavy atom. The summed E-state index contributed by atoms with van der Waals surface area (Å²) in [6.45, 7) is 0.823. The molecular formula is C10H9BrF3NO3. The van der Waals surface area contributed by atoms with Crippen LogP contribution in [0.4, 0.5) is 18.9 Å². The third kappa shape index (κ3) is 3.28. The number of hydrogen-bond acceptors (Lipinski definition) is 3. The minimum Gasteiger partial charge on any atom is -0.480 e. The van der Waals surface area contributed by atoms with Crippen molar-refractivity contribution in [2.45, 2.75) is 19.2 Å². The van der Waals surface area contributed by atoms with E-state index in [0.29, 0.717) is 0 Å². The molecule has 1 unspecified atom stereocenters. The van der Waals surface area contributed by atoms with E-state index in [1.54, 1.807) is 0 Å². The van der Waals surface area contributed by atoms with Crippen molar-refractivity contribution < 1.29 is 27.8 Å². The van der Waals surface area contributed by atoms with Crippen molar-refractivity contribution >= 4 is 27.6 Å². The minimum atomic E-state index is -4.54. The molecule has 0 saturated carbocycles. The molecule has 0 aromatic heterocycles. The first-order valence-electron chi connectivity index (χ1n) is 4.68. The molecule has 0 aliphatic heterocycles. The summed E-state index contributed by atoms with van der Waals surface area (Å²) in [6.07, 6.45) is -6.59. The highest BCUT2D eigenvalue weighted by Gasteiger charge is 2.38. The Kier molecular flexibility index (Phi) is 4.10. The van der Waals surface area contributed by atoms with Gasteiger partial charge in [-0.15, -0.1) is 0 Å². The zero-order chi connectivity index (χ0) is 14.1. The van der Waals surface area contributed by atoms with Crippen LogP contribution in [-0.4, -0.2) is 23.4 Å². The molecule has 1 atom stereocenters. The summed E-state index contributed by atoms with van der Waals surface area (Å²) in [6, 6.07) is 2.13. The third-order valence-corrected chi connectivity index (χ3v) is 2.72. The van der Waals surface area contributed by atoms with Gasteiger partial charge in [0.15, 0.2) is 6.10 Å². The molecule has 0 aliphatic rings. The van der Waals surface area contributed by atoms with Crippen LogP contribution in [0.1, 0.15) is 17.3 Å². The fraction of sp³-hybridized carbons (Fsp3) is 0.300. The van der Waals surface area contributed by atoms with E-state index in [9.17, 15) is 18.0 Å². The standard InChI is InChI=1S/C10H9BrF3NO3/c1-4(10(12,13)14)18-8-2-5(9(16)17)7(15)3-6(8)11/h2-4H,15H2,1H3,(H,16,17). The zero-order valence-corrected chi connectivity index (χ0v) is 10.7. The van der Waals surface area contributed by atoms with Crippen LogP contribution in [0.5, 0.6) is 5.75 Å². The predicted octanol–water partition coefficient (Wildman–Crippen LogP) is 3.06. The smallest absolute Gasteiger partial charge is 0.425 e. The lowest BCUT2D eigenvalue weighted by Gasteiger charge is -2.19. The molecule has 1 aromatic rings. The second-order valence-corrected chi connectivity index (χ2v) is 4.33. The van der Waals surface area contributed by atoms with Crippen molar-refractivity contribution in [2.24, 2.45) is 0 Å². The van der Waals surface area contributed by atoms with Gasteiger partial charge in [-0.25, -0.2) is 4.79 Å². The van der Waals surface area contributed by atoms with Crippen molar-refractivity contribution in [3.05, 3.63) is 22.2 Å². The van der Waals surface area contributed by atoms with Crippen LogP contribution >= 0.6 is 15.9 Å². The molecule has 4 nitrogen and oxygen atoms in total. The number of carbonyl (C=O) groups is 1. The number of halogens is 4. The number of carboxylic acids is 1. The molecule has 1 rings (SSSR count). The second kappa shape index (κ2) is 5.05. The van der Waals surface area contributed by atoms with Crippen molar-refractivity contribution in [3.8, 4) is 5.75 Å². The quantitative estimate of drug-likeness (QED) is 0.837. The first kappa shape index (κ1) is 14.6. The number of rotatable bonds is 3. The van der Waals surface area contributed by atoms with Gasteiger partial charge in [-0.3, -0.25) is 0 Å². The number of nitrogen functional groups attached to an aromatic ring is 1. The van der Waals surface area contributed by atoms with Crippen LogP contribution in [0.2, 0.25) is 0 Å². The lowest BCUT2D eigenvalue weighted by molar-refractivity contribution is -0.189. The second-order valence-electron chi connectivity index (χ2n) is 3.48. The van der Waals surface area contributed by atoms with Gasteiger partial charge in [0.1, 0.15) is 5.75 Å². The van der Waals surface area contributed by atoms with Gasteiger partial charge in [0.05, 0.1) is 10.0 Å². The molecule has 1 aromatic carbocycles. The van der Waals surface area contributed by atoms with Crippen molar-refractivity contribution in [1.29, 1.82) is 0 Å². The average Bonchev–Trinajstić information content (AvgIpc) is 2.19. The molecule has 0 radical (unpaired) electrons. The maximum atomic E-state index is 12.3. The third-order valence-electron chi connectivity index (χ3n) is 2.10. The van der Waals surface area contributed by atoms with E-state index in [1.807, 2.05) is 0 Å². The number of ether oxygens (including phenoxy) is 1. The summed E-state index contributed by atoms with van der Waals surface area (Å²) in [7, 11) is 0. The summed E-state index contributed by atoms with van der Waals surface area (Å²) in [5.74, 6) is -1.57. The van der Waals surface area contributed by atoms with E-state index in [2.05, 4.69) is 20.7 Å². The van der Waals surface area contributed by atoms with Crippen molar-refractivity contribution in [3.63, 3.8) is 0 Å². The van der Waals surface area contributed by atoms with Gasteiger partial charge in [0.25, 0.3) is 0 Å².